The number of amides is 1. The van der Waals surface area contributed by atoms with E-state index >= 15 is 0 Å². The van der Waals surface area contributed by atoms with E-state index in [9.17, 15) is 4.79 Å². The van der Waals surface area contributed by atoms with Gasteiger partial charge in [-0.1, -0.05) is 17.7 Å². The summed E-state index contributed by atoms with van der Waals surface area (Å²) in [7, 11) is 3.13. The van der Waals surface area contributed by atoms with Crippen molar-refractivity contribution in [3.8, 4) is 5.75 Å². The van der Waals surface area contributed by atoms with Gasteiger partial charge in [0.2, 0.25) is 5.91 Å². The number of hydrogen-bond donors (Lipinski definition) is 2. The maximum atomic E-state index is 11.9. The number of benzene rings is 1. The molecule has 0 spiro atoms. The first-order valence-electron chi connectivity index (χ1n) is 6.82. The van der Waals surface area contributed by atoms with Crippen molar-refractivity contribution in [2.45, 2.75) is 25.3 Å². The minimum absolute atomic E-state index is 0.0163. The topological polar surface area (TPSA) is 67.8 Å². The number of aliphatic hydroxyl groups is 1. The molecule has 0 aliphatic carbocycles. The molecular formula is C15H22ClNO4. The Kier molecular flexibility index (Phi) is 8.12. The molecule has 0 saturated heterocycles. The third-order valence-electron chi connectivity index (χ3n) is 3.07. The van der Waals surface area contributed by atoms with Crippen LogP contribution in [0.15, 0.2) is 18.2 Å². The molecule has 0 radical (unpaired) electrons. The van der Waals surface area contributed by atoms with E-state index in [4.69, 9.17) is 26.2 Å². The number of aliphatic hydroxyl groups excluding tert-OH is 1. The average molecular weight is 316 g/mol. The number of halogens is 1. The first kappa shape index (κ1) is 17.8. The van der Waals surface area contributed by atoms with E-state index in [0.717, 1.165) is 5.56 Å². The highest BCUT2D eigenvalue weighted by molar-refractivity contribution is 6.32. The minimum atomic E-state index is -0.160. The minimum Gasteiger partial charge on any atom is -0.495 e. The highest BCUT2D eigenvalue weighted by atomic mass is 35.5. The molecule has 0 bridgehead atoms. The molecule has 0 heterocycles. The largest absolute Gasteiger partial charge is 0.495 e. The van der Waals surface area contributed by atoms with Crippen molar-refractivity contribution in [1.29, 1.82) is 0 Å². The lowest BCUT2D eigenvalue weighted by Crippen LogP contribution is -2.38. The molecule has 1 amide bonds. The van der Waals surface area contributed by atoms with Crippen LogP contribution in [0.1, 0.15) is 18.4 Å². The number of rotatable bonds is 9. The van der Waals surface area contributed by atoms with Gasteiger partial charge in [-0.25, -0.2) is 0 Å². The highest BCUT2D eigenvalue weighted by Gasteiger charge is 2.12. The van der Waals surface area contributed by atoms with Crippen molar-refractivity contribution >= 4 is 17.5 Å². The molecule has 0 aliphatic heterocycles. The van der Waals surface area contributed by atoms with E-state index in [1.54, 1.807) is 26.4 Å². The standard InChI is InChI=1S/C15H22ClNO4/c1-20-10-12(7-8-18)17-15(19)6-4-11-3-5-14(21-2)13(16)9-11/h3,5,9,12,18H,4,6-8,10H2,1-2H3,(H,17,19). The summed E-state index contributed by atoms with van der Waals surface area (Å²) < 4.78 is 10.1. The van der Waals surface area contributed by atoms with E-state index in [1.807, 2.05) is 6.07 Å². The van der Waals surface area contributed by atoms with E-state index in [2.05, 4.69) is 5.32 Å². The van der Waals surface area contributed by atoms with Crippen LogP contribution in [0.2, 0.25) is 5.02 Å². The molecule has 21 heavy (non-hydrogen) atoms. The molecule has 0 fully saturated rings. The number of carbonyl (C=O) groups is 1. The normalized spacial score (nSPS) is 12.0. The number of aryl methyl sites for hydroxylation is 1. The molecule has 6 heteroatoms. The molecule has 1 rings (SSSR count). The van der Waals surface area contributed by atoms with Crippen molar-refractivity contribution in [3.63, 3.8) is 0 Å². The Labute approximate surface area is 130 Å². The van der Waals surface area contributed by atoms with Gasteiger partial charge in [0, 0.05) is 20.1 Å². The van der Waals surface area contributed by atoms with Gasteiger partial charge in [0.05, 0.1) is 24.8 Å². The van der Waals surface area contributed by atoms with Gasteiger partial charge in [-0.15, -0.1) is 0 Å². The zero-order valence-electron chi connectivity index (χ0n) is 12.4. The molecule has 1 unspecified atom stereocenters. The van der Waals surface area contributed by atoms with E-state index in [0.29, 0.717) is 36.6 Å². The maximum absolute atomic E-state index is 11.9. The van der Waals surface area contributed by atoms with Gasteiger partial charge < -0.3 is 19.9 Å². The molecule has 0 saturated carbocycles. The number of ether oxygens (including phenoxy) is 2. The van der Waals surface area contributed by atoms with Crippen LogP contribution in [0.5, 0.6) is 5.75 Å². The Hall–Kier alpha value is -1.30. The summed E-state index contributed by atoms with van der Waals surface area (Å²) in [5.74, 6) is 0.547. The third-order valence-corrected chi connectivity index (χ3v) is 3.36. The van der Waals surface area contributed by atoms with Crippen molar-refractivity contribution in [3.05, 3.63) is 28.8 Å². The van der Waals surface area contributed by atoms with Gasteiger partial charge in [0.25, 0.3) is 0 Å². The lowest BCUT2D eigenvalue weighted by molar-refractivity contribution is -0.122. The SMILES string of the molecule is COCC(CCO)NC(=O)CCc1ccc(OC)c(Cl)c1. The van der Waals surface area contributed by atoms with Crippen LogP contribution in [0.4, 0.5) is 0 Å². The van der Waals surface area contributed by atoms with Crippen LogP contribution < -0.4 is 10.1 Å². The molecule has 2 N–H and O–H groups in total. The van der Waals surface area contributed by atoms with Crippen LogP contribution in [0, 0.1) is 0 Å². The third kappa shape index (κ3) is 6.33. The Morgan fingerprint density at radius 2 is 2.19 bits per heavy atom. The summed E-state index contributed by atoms with van der Waals surface area (Å²) in [5, 5.41) is 12.3. The Bertz CT molecular complexity index is 447. The molecule has 1 atom stereocenters. The summed E-state index contributed by atoms with van der Waals surface area (Å²) in [6.07, 6.45) is 1.43. The first-order chi connectivity index (χ1) is 10.1. The number of methoxy groups -OCH3 is 2. The van der Waals surface area contributed by atoms with Crippen molar-refractivity contribution < 1.29 is 19.4 Å². The van der Waals surface area contributed by atoms with Crippen LogP contribution in [0.25, 0.3) is 0 Å². The molecule has 5 nitrogen and oxygen atoms in total. The molecule has 1 aromatic carbocycles. The quantitative estimate of drug-likeness (QED) is 0.729. The zero-order chi connectivity index (χ0) is 15.7. The molecule has 118 valence electrons. The van der Waals surface area contributed by atoms with Gasteiger partial charge in [-0.3, -0.25) is 4.79 Å². The molecule has 1 aromatic rings. The monoisotopic (exact) mass is 315 g/mol. The van der Waals surface area contributed by atoms with Crippen molar-refractivity contribution in [2.75, 3.05) is 27.4 Å². The van der Waals surface area contributed by atoms with Gasteiger partial charge in [0.15, 0.2) is 0 Å². The summed E-state index contributed by atoms with van der Waals surface area (Å²) in [6.45, 7) is 0.406. The van der Waals surface area contributed by atoms with E-state index in [1.165, 1.54) is 0 Å². The Morgan fingerprint density at radius 3 is 2.76 bits per heavy atom. The second-order valence-corrected chi connectivity index (χ2v) is 5.11. The highest BCUT2D eigenvalue weighted by Crippen LogP contribution is 2.25. The number of nitrogens with one attached hydrogen (secondary N) is 1. The van der Waals surface area contributed by atoms with Crippen LogP contribution in [0.3, 0.4) is 0 Å². The number of hydrogen-bond acceptors (Lipinski definition) is 4. The average Bonchev–Trinajstić information content (AvgIpc) is 2.46. The fourth-order valence-electron chi connectivity index (χ4n) is 1.98. The molecular weight excluding hydrogens is 294 g/mol. The van der Waals surface area contributed by atoms with Gasteiger partial charge in [-0.05, 0) is 30.5 Å². The summed E-state index contributed by atoms with van der Waals surface area (Å²) in [5.41, 5.74) is 0.974. The van der Waals surface area contributed by atoms with Crippen LogP contribution >= 0.6 is 11.6 Å². The predicted molar refractivity (Wildman–Crippen MR) is 81.8 cm³/mol. The van der Waals surface area contributed by atoms with Crippen LogP contribution in [-0.2, 0) is 16.0 Å². The summed E-state index contributed by atoms with van der Waals surface area (Å²) in [4.78, 5) is 11.9. The van der Waals surface area contributed by atoms with Crippen LogP contribution in [-0.4, -0.2) is 44.5 Å². The van der Waals surface area contributed by atoms with Crippen molar-refractivity contribution in [2.24, 2.45) is 0 Å². The van der Waals surface area contributed by atoms with Gasteiger partial charge in [0.1, 0.15) is 5.75 Å². The number of carbonyl (C=O) groups excluding carboxylic acids is 1. The summed E-state index contributed by atoms with van der Waals surface area (Å²) >= 11 is 6.04. The maximum Gasteiger partial charge on any atom is 0.220 e. The lowest BCUT2D eigenvalue weighted by atomic mass is 10.1. The smallest absolute Gasteiger partial charge is 0.220 e. The fourth-order valence-corrected chi connectivity index (χ4v) is 2.26. The fraction of sp³-hybridized carbons (Fsp3) is 0.533. The van der Waals surface area contributed by atoms with Gasteiger partial charge >= 0.3 is 0 Å². The first-order valence-corrected chi connectivity index (χ1v) is 7.20. The predicted octanol–water partition coefficient (Wildman–Crippen LogP) is 1.79. The van der Waals surface area contributed by atoms with E-state index in [-0.39, 0.29) is 18.6 Å². The second-order valence-electron chi connectivity index (χ2n) is 4.70. The second kappa shape index (κ2) is 9.60. The Morgan fingerprint density at radius 1 is 1.43 bits per heavy atom. The molecule has 0 aromatic heterocycles. The van der Waals surface area contributed by atoms with E-state index < -0.39 is 0 Å². The van der Waals surface area contributed by atoms with Gasteiger partial charge in [-0.2, -0.15) is 0 Å². The summed E-state index contributed by atoms with van der Waals surface area (Å²) in [6, 6.07) is 5.31. The lowest BCUT2D eigenvalue weighted by Gasteiger charge is -2.16. The van der Waals surface area contributed by atoms with Crippen molar-refractivity contribution in [1.82, 2.24) is 5.32 Å². The Balaban J connectivity index is 2.46. The zero-order valence-corrected chi connectivity index (χ0v) is 13.2. The molecule has 0 aliphatic rings.